The van der Waals surface area contributed by atoms with Crippen molar-refractivity contribution in [1.29, 1.82) is 0 Å². The number of halogens is 2. The van der Waals surface area contributed by atoms with Gasteiger partial charge >= 0.3 is 12.0 Å². The predicted molar refractivity (Wildman–Crippen MR) is 104 cm³/mol. The Labute approximate surface area is 173 Å². The number of urea groups is 1. The number of ether oxygens (including phenoxy) is 1. The standard InChI is InChI=1S/C19H17F2N3O5S/c1-2-10-5-6-11(15(21)14(10)20)9-29-16-13(18(25)26)17(30-24-16)23-19(27)22-8-12-4-3-7-28-12/h3-7H,2,8-9H2,1H3,(H,25,26)(H2,22,23,27). The molecule has 0 unspecified atom stereocenters. The monoisotopic (exact) mass is 437 g/mol. The second-order valence-corrected chi connectivity index (χ2v) is 6.81. The minimum absolute atomic E-state index is 0.0672. The summed E-state index contributed by atoms with van der Waals surface area (Å²) in [4.78, 5) is 23.6. The highest BCUT2D eigenvalue weighted by atomic mass is 32.1. The van der Waals surface area contributed by atoms with Crippen molar-refractivity contribution in [1.82, 2.24) is 9.69 Å². The van der Waals surface area contributed by atoms with Gasteiger partial charge in [-0.25, -0.2) is 18.4 Å². The SMILES string of the molecule is CCc1ccc(COc2nsc(NC(=O)NCc3ccco3)c2C(=O)O)c(F)c1F. The van der Waals surface area contributed by atoms with Crippen LogP contribution in [0.1, 0.15) is 34.2 Å². The van der Waals surface area contributed by atoms with Gasteiger partial charge in [0.2, 0.25) is 5.88 Å². The fourth-order valence-corrected chi connectivity index (χ4v) is 3.26. The van der Waals surface area contributed by atoms with Crippen molar-refractivity contribution in [3.8, 4) is 5.88 Å². The summed E-state index contributed by atoms with van der Waals surface area (Å²) in [6.07, 6.45) is 1.78. The molecule has 3 N–H and O–H groups in total. The lowest BCUT2D eigenvalue weighted by Crippen LogP contribution is -2.28. The number of aromatic nitrogens is 1. The largest absolute Gasteiger partial charge is 0.477 e. The molecule has 3 rings (SSSR count). The van der Waals surface area contributed by atoms with Crippen molar-refractivity contribution in [2.24, 2.45) is 0 Å². The summed E-state index contributed by atoms with van der Waals surface area (Å²) in [7, 11) is 0. The van der Waals surface area contributed by atoms with Gasteiger partial charge in [0.25, 0.3) is 0 Å². The maximum atomic E-state index is 14.1. The Morgan fingerprint density at radius 3 is 2.63 bits per heavy atom. The summed E-state index contributed by atoms with van der Waals surface area (Å²) in [6.45, 7) is 1.37. The van der Waals surface area contributed by atoms with Crippen molar-refractivity contribution in [2.45, 2.75) is 26.5 Å². The first-order valence-electron chi connectivity index (χ1n) is 8.79. The molecule has 0 saturated heterocycles. The van der Waals surface area contributed by atoms with Crippen molar-refractivity contribution < 1.29 is 32.6 Å². The number of carboxylic acids is 1. The molecule has 2 amide bonds. The minimum Gasteiger partial charge on any atom is -0.477 e. The first kappa shape index (κ1) is 21.2. The number of hydrogen-bond donors (Lipinski definition) is 3. The van der Waals surface area contributed by atoms with E-state index < -0.39 is 30.2 Å². The molecule has 2 heterocycles. The summed E-state index contributed by atoms with van der Waals surface area (Å²) < 4.78 is 42.3. The number of nitrogens with one attached hydrogen (secondary N) is 2. The van der Waals surface area contributed by atoms with Crippen LogP contribution in [0.2, 0.25) is 0 Å². The fraction of sp³-hybridized carbons (Fsp3) is 0.211. The topological polar surface area (TPSA) is 114 Å². The van der Waals surface area contributed by atoms with E-state index in [1.807, 2.05) is 0 Å². The number of nitrogens with zero attached hydrogens (tertiary/aromatic N) is 1. The molecule has 1 aromatic carbocycles. The number of carbonyl (C=O) groups excluding carboxylic acids is 1. The Kier molecular flexibility index (Phi) is 6.62. The lowest BCUT2D eigenvalue weighted by atomic mass is 10.1. The van der Waals surface area contributed by atoms with Gasteiger partial charge in [-0.2, -0.15) is 4.37 Å². The smallest absolute Gasteiger partial charge is 0.344 e. The molecule has 0 aliphatic rings. The molecule has 0 spiro atoms. The molecule has 2 aromatic heterocycles. The predicted octanol–water partition coefficient (Wildman–Crippen LogP) is 4.18. The Morgan fingerprint density at radius 1 is 1.23 bits per heavy atom. The first-order chi connectivity index (χ1) is 14.4. The van der Waals surface area contributed by atoms with Crippen LogP contribution < -0.4 is 15.4 Å². The highest BCUT2D eigenvalue weighted by Crippen LogP contribution is 2.31. The molecule has 0 atom stereocenters. The Bertz CT molecular complexity index is 1050. The van der Waals surface area contributed by atoms with E-state index in [-0.39, 0.29) is 34.1 Å². The molecular formula is C19H17F2N3O5S. The summed E-state index contributed by atoms with van der Waals surface area (Å²) >= 11 is 0.686. The molecule has 0 aliphatic carbocycles. The van der Waals surface area contributed by atoms with Gasteiger partial charge in [-0.05, 0) is 35.6 Å². The van der Waals surface area contributed by atoms with E-state index in [0.717, 1.165) is 0 Å². The number of carbonyl (C=O) groups is 2. The molecule has 30 heavy (non-hydrogen) atoms. The Hall–Kier alpha value is -3.47. The lowest BCUT2D eigenvalue weighted by molar-refractivity contribution is 0.0693. The van der Waals surface area contributed by atoms with E-state index in [4.69, 9.17) is 9.15 Å². The van der Waals surface area contributed by atoms with E-state index in [1.54, 1.807) is 19.1 Å². The van der Waals surface area contributed by atoms with Crippen LogP contribution in [0.5, 0.6) is 5.88 Å². The first-order valence-corrected chi connectivity index (χ1v) is 9.56. The van der Waals surface area contributed by atoms with Crippen LogP contribution in [-0.4, -0.2) is 21.5 Å². The van der Waals surface area contributed by atoms with E-state index in [9.17, 15) is 23.5 Å². The van der Waals surface area contributed by atoms with Gasteiger partial charge in [0, 0.05) is 5.56 Å². The highest BCUT2D eigenvalue weighted by Gasteiger charge is 2.24. The van der Waals surface area contributed by atoms with E-state index in [1.165, 1.54) is 18.4 Å². The number of carboxylic acid groups (broad SMARTS) is 1. The second kappa shape index (κ2) is 9.35. The summed E-state index contributed by atoms with van der Waals surface area (Å²) in [5.41, 5.74) is -0.248. The maximum Gasteiger partial charge on any atom is 0.344 e. The molecule has 0 saturated carbocycles. The van der Waals surface area contributed by atoms with Crippen LogP contribution in [0, 0.1) is 11.6 Å². The van der Waals surface area contributed by atoms with Crippen molar-refractivity contribution in [3.05, 3.63) is 64.6 Å². The average Bonchev–Trinajstić information content (AvgIpc) is 3.37. The molecule has 0 bridgehead atoms. The number of benzene rings is 1. The summed E-state index contributed by atoms with van der Waals surface area (Å²) in [5, 5.41) is 14.3. The molecule has 158 valence electrons. The minimum atomic E-state index is -1.40. The van der Waals surface area contributed by atoms with E-state index in [0.29, 0.717) is 23.7 Å². The normalized spacial score (nSPS) is 10.6. The van der Waals surface area contributed by atoms with Gasteiger partial charge in [-0.15, -0.1) is 0 Å². The quantitative estimate of drug-likeness (QED) is 0.487. The van der Waals surface area contributed by atoms with Crippen molar-refractivity contribution in [3.63, 3.8) is 0 Å². The lowest BCUT2D eigenvalue weighted by Gasteiger charge is -2.09. The maximum absolute atomic E-state index is 14.1. The van der Waals surface area contributed by atoms with Crippen molar-refractivity contribution >= 4 is 28.5 Å². The zero-order valence-electron chi connectivity index (χ0n) is 15.7. The number of furan rings is 1. The molecule has 11 heteroatoms. The third-order valence-electron chi connectivity index (χ3n) is 4.09. The number of aryl methyl sites for hydroxylation is 1. The zero-order valence-corrected chi connectivity index (χ0v) is 16.5. The van der Waals surface area contributed by atoms with Gasteiger partial charge in [-0.1, -0.05) is 19.1 Å². The van der Waals surface area contributed by atoms with Gasteiger partial charge in [0.15, 0.2) is 17.2 Å². The number of rotatable bonds is 8. The molecule has 0 radical (unpaired) electrons. The number of hydrogen-bond acceptors (Lipinski definition) is 6. The third-order valence-corrected chi connectivity index (χ3v) is 4.84. The van der Waals surface area contributed by atoms with Crippen molar-refractivity contribution in [2.75, 3.05) is 5.32 Å². The number of anilines is 1. The highest BCUT2D eigenvalue weighted by molar-refractivity contribution is 7.11. The number of amides is 2. The van der Waals surface area contributed by atoms with Crippen LogP contribution in [0.15, 0.2) is 34.9 Å². The average molecular weight is 437 g/mol. The zero-order chi connectivity index (χ0) is 21.7. The van der Waals surface area contributed by atoms with Gasteiger partial charge in [-0.3, -0.25) is 5.32 Å². The Balaban J connectivity index is 1.69. The van der Waals surface area contributed by atoms with Crippen LogP contribution in [-0.2, 0) is 19.6 Å². The summed E-state index contributed by atoms with van der Waals surface area (Å²) in [5.74, 6) is -3.22. The fourth-order valence-electron chi connectivity index (χ4n) is 2.54. The second-order valence-electron chi connectivity index (χ2n) is 6.04. The van der Waals surface area contributed by atoms with E-state index >= 15 is 0 Å². The summed E-state index contributed by atoms with van der Waals surface area (Å²) in [6, 6.07) is 5.45. The van der Waals surface area contributed by atoms with Crippen LogP contribution in [0.3, 0.4) is 0 Å². The molecule has 0 fully saturated rings. The third kappa shape index (κ3) is 4.74. The van der Waals surface area contributed by atoms with E-state index in [2.05, 4.69) is 15.0 Å². The molecule has 8 nitrogen and oxygen atoms in total. The van der Waals surface area contributed by atoms with Gasteiger partial charge in [0.05, 0.1) is 12.8 Å². The van der Waals surface area contributed by atoms with Crippen LogP contribution in [0.25, 0.3) is 0 Å². The van der Waals surface area contributed by atoms with Crippen LogP contribution >= 0.6 is 11.5 Å². The van der Waals surface area contributed by atoms with Gasteiger partial charge in [0.1, 0.15) is 17.4 Å². The molecular weight excluding hydrogens is 420 g/mol. The number of aromatic carboxylic acids is 1. The Morgan fingerprint density at radius 2 is 1.97 bits per heavy atom. The molecule has 0 aliphatic heterocycles. The molecule has 3 aromatic rings. The van der Waals surface area contributed by atoms with Crippen LogP contribution in [0.4, 0.5) is 18.6 Å². The van der Waals surface area contributed by atoms with Gasteiger partial charge < -0.3 is 19.6 Å².